The lowest BCUT2D eigenvalue weighted by Crippen LogP contribution is -2.53. The lowest BCUT2D eigenvalue weighted by Gasteiger charge is -2.59. The summed E-state index contributed by atoms with van der Waals surface area (Å²) >= 11 is 0. The maximum Gasteiger partial charge on any atom is 0.114 e. The summed E-state index contributed by atoms with van der Waals surface area (Å²) in [5.41, 5.74) is 0.529. The first kappa shape index (κ1) is 18.7. The van der Waals surface area contributed by atoms with Gasteiger partial charge in [-0.3, -0.25) is 5.26 Å². The molecule has 0 amide bonds. The molecule has 3 nitrogen and oxygen atoms in total. The molecule has 2 aliphatic rings. The Balaban J connectivity index is 2.31. The average Bonchev–Trinajstić information content (AvgIpc) is 2.45. The van der Waals surface area contributed by atoms with Gasteiger partial charge in [0.1, 0.15) is 6.10 Å². The lowest BCUT2D eigenvalue weighted by molar-refractivity contribution is -0.286. The maximum atomic E-state index is 10.3. The predicted molar refractivity (Wildman–Crippen MR) is 94.0 cm³/mol. The summed E-state index contributed by atoms with van der Waals surface area (Å²) in [5, 5.41) is 19.7. The summed E-state index contributed by atoms with van der Waals surface area (Å²) in [6.45, 7) is 16.9. The first-order valence-corrected chi connectivity index (χ1v) is 8.92. The van der Waals surface area contributed by atoms with Gasteiger partial charge in [-0.05, 0) is 67.3 Å². The van der Waals surface area contributed by atoms with Crippen LogP contribution in [0.15, 0.2) is 24.8 Å². The molecule has 5 atom stereocenters. The van der Waals surface area contributed by atoms with Gasteiger partial charge >= 0.3 is 0 Å². The highest BCUT2D eigenvalue weighted by atomic mass is 17.1. The summed E-state index contributed by atoms with van der Waals surface area (Å²) in [4.78, 5) is 4.80. The van der Waals surface area contributed by atoms with E-state index in [9.17, 15) is 10.4 Å². The minimum Gasteiger partial charge on any atom is -0.386 e. The molecule has 0 bridgehead atoms. The van der Waals surface area contributed by atoms with Crippen molar-refractivity contribution < 1.29 is 15.3 Å². The Morgan fingerprint density at radius 2 is 2.00 bits per heavy atom. The van der Waals surface area contributed by atoms with Gasteiger partial charge in [0.05, 0.1) is 5.60 Å². The number of hydrogen-bond acceptors (Lipinski definition) is 3. The van der Waals surface area contributed by atoms with Gasteiger partial charge in [-0.15, -0.1) is 6.58 Å². The molecule has 132 valence electrons. The van der Waals surface area contributed by atoms with Crippen LogP contribution < -0.4 is 0 Å². The quantitative estimate of drug-likeness (QED) is 0.427. The average molecular weight is 322 g/mol. The second kappa shape index (κ2) is 6.34. The first-order chi connectivity index (χ1) is 10.6. The Labute approximate surface area is 141 Å². The molecule has 2 N–H and O–H groups in total. The molecule has 0 saturated heterocycles. The molecule has 0 aromatic carbocycles. The Bertz CT molecular complexity index is 466. The normalized spacial score (nSPS) is 39.4. The molecule has 2 saturated carbocycles. The Morgan fingerprint density at radius 1 is 1.35 bits per heavy atom. The molecule has 2 aliphatic carbocycles. The minimum atomic E-state index is -0.858. The zero-order chi connectivity index (χ0) is 17.5. The lowest BCUT2D eigenvalue weighted by atomic mass is 9.46. The zero-order valence-electron chi connectivity index (χ0n) is 15.3. The third-order valence-corrected chi connectivity index (χ3v) is 6.89. The van der Waals surface area contributed by atoms with Gasteiger partial charge in [0.25, 0.3) is 0 Å². The highest BCUT2D eigenvalue weighted by Crippen LogP contribution is 2.62. The second-order valence-corrected chi connectivity index (χ2v) is 8.96. The molecule has 3 heteroatoms. The number of rotatable bonds is 5. The predicted octanol–water partition coefficient (Wildman–Crippen LogP) is 4.97. The summed E-state index contributed by atoms with van der Waals surface area (Å²) < 4.78 is 0. The van der Waals surface area contributed by atoms with Crippen molar-refractivity contribution in [3.63, 3.8) is 0 Å². The fourth-order valence-corrected chi connectivity index (χ4v) is 5.35. The van der Waals surface area contributed by atoms with Crippen molar-refractivity contribution >= 4 is 0 Å². The van der Waals surface area contributed by atoms with Crippen LogP contribution in [0.3, 0.4) is 0 Å². The van der Waals surface area contributed by atoms with E-state index in [-0.39, 0.29) is 22.9 Å². The van der Waals surface area contributed by atoms with E-state index in [0.29, 0.717) is 12.3 Å². The van der Waals surface area contributed by atoms with Gasteiger partial charge in [0, 0.05) is 0 Å². The largest absolute Gasteiger partial charge is 0.386 e. The summed E-state index contributed by atoms with van der Waals surface area (Å²) in [5.74, 6) is 0.745. The summed E-state index contributed by atoms with van der Waals surface area (Å²) in [6.07, 6.45) is 7.29. The highest BCUT2D eigenvalue weighted by Gasteiger charge is 2.55. The van der Waals surface area contributed by atoms with Crippen molar-refractivity contribution in [2.75, 3.05) is 0 Å². The van der Waals surface area contributed by atoms with Crippen LogP contribution in [0, 0.1) is 22.7 Å². The molecule has 0 aromatic heterocycles. The fourth-order valence-electron chi connectivity index (χ4n) is 5.35. The van der Waals surface area contributed by atoms with Crippen LogP contribution in [0.4, 0.5) is 0 Å². The Hall–Kier alpha value is -0.640. The molecular formula is C20H34O3. The van der Waals surface area contributed by atoms with E-state index in [2.05, 4.69) is 33.9 Å². The van der Waals surface area contributed by atoms with Crippen molar-refractivity contribution in [3.8, 4) is 0 Å². The third-order valence-electron chi connectivity index (χ3n) is 6.89. The highest BCUT2D eigenvalue weighted by molar-refractivity contribution is 5.20. The molecule has 2 rings (SSSR count). The maximum absolute atomic E-state index is 10.3. The van der Waals surface area contributed by atoms with Gasteiger partial charge in [-0.2, -0.15) is 0 Å². The second-order valence-electron chi connectivity index (χ2n) is 8.96. The Kier molecular flexibility index (Phi) is 5.16. The monoisotopic (exact) mass is 322 g/mol. The van der Waals surface area contributed by atoms with Gasteiger partial charge in [-0.25, -0.2) is 4.89 Å². The molecule has 23 heavy (non-hydrogen) atoms. The molecule has 0 unspecified atom stereocenters. The number of fused-ring (bicyclic) bond motifs is 1. The smallest absolute Gasteiger partial charge is 0.114 e. The topological polar surface area (TPSA) is 49.7 Å². The van der Waals surface area contributed by atoms with Gasteiger partial charge in [0.15, 0.2) is 0 Å². The van der Waals surface area contributed by atoms with E-state index >= 15 is 0 Å². The van der Waals surface area contributed by atoms with Crippen molar-refractivity contribution in [3.05, 3.63) is 24.8 Å². The molecule has 0 heterocycles. The number of hydrogen-bond donors (Lipinski definition) is 2. The minimum absolute atomic E-state index is 0.158. The first-order valence-electron chi connectivity index (χ1n) is 8.92. The molecular weight excluding hydrogens is 288 g/mol. The SMILES string of the molecule is C=C[C@](C)(O)CC[C@H]1C(=C)[C@H](OO)C[C@H]2C(C)(C)CCC[C@]12C. The Morgan fingerprint density at radius 3 is 2.57 bits per heavy atom. The van der Waals surface area contributed by atoms with E-state index in [1.807, 2.05) is 0 Å². The van der Waals surface area contributed by atoms with Crippen LogP contribution in [0.1, 0.15) is 66.2 Å². The van der Waals surface area contributed by atoms with Crippen LogP contribution in [-0.2, 0) is 4.89 Å². The zero-order valence-corrected chi connectivity index (χ0v) is 15.3. The molecule has 0 aliphatic heterocycles. The van der Waals surface area contributed by atoms with Crippen molar-refractivity contribution in [1.82, 2.24) is 0 Å². The van der Waals surface area contributed by atoms with Crippen molar-refractivity contribution in [2.24, 2.45) is 22.7 Å². The fraction of sp³-hybridized carbons (Fsp3) is 0.800. The standard InChI is InChI=1S/C20H34O3/c1-7-19(5,21)12-9-15-14(2)16(23-22)13-17-18(3,4)10-8-11-20(15,17)6/h7,15-17,21-22H,1-2,8-13H2,3-6H3/t15-,16+,17-,19-,20+/m0/s1. The van der Waals surface area contributed by atoms with Crippen LogP contribution in [0.25, 0.3) is 0 Å². The van der Waals surface area contributed by atoms with E-state index in [1.165, 1.54) is 19.3 Å². The number of aliphatic hydroxyl groups is 1. The third kappa shape index (κ3) is 3.42. The molecule has 0 aromatic rings. The van der Waals surface area contributed by atoms with Crippen molar-refractivity contribution in [1.29, 1.82) is 0 Å². The van der Waals surface area contributed by atoms with E-state index in [1.54, 1.807) is 13.0 Å². The molecule has 2 fully saturated rings. The van der Waals surface area contributed by atoms with E-state index in [4.69, 9.17) is 4.89 Å². The van der Waals surface area contributed by atoms with Crippen LogP contribution in [0.5, 0.6) is 0 Å². The summed E-state index contributed by atoms with van der Waals surface area (Å²) in [7, 11) is 0. The van der Waals surface area contributed by atoms with Crippen LogP contribution in [0.2, 0.25) is 0 Å². The summed E-state index contributed by atoms with van der Waals surface area (Å²) in [6, 6.07) is 0. The van der Waals surface area contributed by atoms with Gasteiger partial charge in [-0.1, -0.05) is 39.8 Å². The molecule has 0 radical (unpaired) electrons. The van der Waals surface area contributed by atoms with Gasteiger partial charge in [0.2, 0.25) is 0 Å². The van der Waals surface area contributed by atoms with E-state index < -0.39 is 5.60 Å². The van der Waals surface area contributed by atoms with Crippen LogP contribution >= 0.6 is 0 Å². The van der Waals surface area contributed by atoms with E-state index in [0.717, 1.165) is 18.4 Å². The molecule has 0 spiro atoms. The van der Waals surface area contributed by atoms with Crippen LogP contribution in [-0.4, -0.2) is 22.1 Å². The van der Waals surface area contributed by atoms with Crippen molar-refractivity contribution in [2.45, 2.75) is 77.9 Å². The van der Waals surface area contributed by atoms with Gasteiger partial charge < -0.3 is 5.11 Å².